The van der Waals surface area contributed by atoms with Crippen LogP contribution < -0.4 is 5.43 Å². The molecule has 10 nitrogen and oxygen atoms in total. The smallest absolute Gasteiger partial charge is 0.394 e. The lowest BCUT2D eigenvalue weighted by Gasteiger charge is -2.16. The first-order valence-electron chi connectivity index (χ1n) is 9.16. The van der Waals surface area contributed by atoms with Gasteiger partial charge in [0.25, 0.3) is 0 Å². The molecule has 0 radical (unpaired) electrons. The van der Waals surface area contributed by atoms with Crippen LogP contribution in [0, 0.1) is 0 Å². The first-order valence-corrected chi connectivity index (χ1v) is 9.54. The second-order valence-electron chi connectivity index (χ2n) is 6.88. The number of aromatic nitrogens is 4. The quantitative estimate of drug-likeness (QED) is 0.324. The van der Waals surface area contributed by atoms with E-state index >= 15 is 0 Å². The number of nitrogens with zero attached hydrogens (tertiary/aromatic N) is 5. The fraction of sp³-hybridized carbons (Fsp3) is 0.333. The van der Waals surface area contributed by atoms with Crippen LogP contribution in [-0.4, -0.2) is 66.0 Å². The Balaban J connectivity index is 1.57. The van der Waals surface area contributed by atoms with Gasteiger partial charge in [0.05, 0.1) is 29.7 Å². The van der Waals surface area contributed by atoms with Gasteiger partial charge in [0.1, 0.15) is 24.6 Å². The number of hydrogen-bond donors (Lipinski definition) is 4. The van der Waals surface area contributed by atoms with Crippen LogP contribution in [0.2, 0.25) is 5.02 Å². The summed E-state index contributed by atoms with van der Waals surface area (Å²) >= 11 is 5.60. The van der Waals surface area contributed by atoms with E-state index in [0.717, 1.165) is 18.3 Å². The molecule has 1 aliphatic heterocycles. The molecule has 0 amide bonds. The molecule has 32 heavy (non-hydrogen) atoms. The lowest BCUT2D eigenvalue weighted by Crippen LogP contribution is -2.33. The maximum atomic E-state index is 13.0. The highest BCUT2D eigenvalue weighted by Gasteiger charge is 2.44. The van der Waals surface area contributed by atoms with Crippen LogP contribution in [0.15, 0.2) is 36.0 Å². The number of imidazole rings is 1. The Morgan fingerprint density at radius 2 is 2.00 bits per heavy atom. The Bertz CT molecular complexity index is 1160. The number of aliphatic hydroxyl groups is 3. The first-order chi connectivity index (χ1) is 15.2. The van der Waals surface area contributed by atoms with Gasteiger partial charge >= 0.3 is 6.18 Å². The van der Waals surface area contributed by atoms with Crippen molar-refractivity contribution in [2.45, 2.75) is 30.7 Å². The summed E-state index contributed by atoms with van der Waals surface area (Å²) in [5.74, 6) is 0.141. The van der Waals surface area contributed by atoms with Crippen LogP contribution in [0.3, 0.4) is 0 Å². The average Bonchev–Trinajstić information content (AvgIpc) is 3.30. The Labute approximate surface area is 183 Å². The van der Waals surface area contributed by atoms with Crippen molar-refractivity contribution in [3.8, 4) is 0 Å². The molecule has 1 aromatic carbocycles. The number of hydrazone groups is 1. The van der Waals surface area contributed by atoms with Gasteiger partial charge in [-0.3, -0.25) is 9.99 Å². The van der Waals surface area contributed by atoms with E-state index in [1.807, 2.05) is 0 Å². The lowest BCUT2D eigenvalue weighted by molar-refractivity contribution is -0.137. The molecular formula is C18H16ClF3N6O4. The number of fused-ring (bicyclic) bond motifs is 1. The van der Waals surface area contributed by atoms with Gasteiger partial charge in [0.15, 0.2) is 23.2 Å². The van der Waals surface area contributed by atoms with Crippen molar-refractivity contribution in [3.63, 3.8) is 0 Å². The second-order valence-corrected chi connectivity index (χ2v) is 7.29. The van der Waals surface area contributed by atoms with Crippen LogP contribution in [0.25, 0.3) is 11.2 Å². The molecule has 2 aromatic heterocycles. The summed E-state index contributed by atoms with van der Waals surface area (Å²) in [6, 6.07) is 3.35. The highest BCUT2D eigenvalue weighted by Crippen LogP contribution is 2.35. The molecule has 4 N–H and O–H groups in total. The number of rotatable bonds is 5. The van der Waals surface area contributed by atoms with E-state index in [1.54, 1.807) is 0 Å². The van der Waals surface area contributed by atoms with Crippen molar-refractivity contribution in [1.29, 1.82) is 0 Å². The molecular weight excluding hydrogens is 457 g/mol. The van der Waals surface area contributed by atoms with E-state index in [4.69, 9.17) is 16.3 Å². The van der Waals surface area contributed by atoms with Gasteiger partial charge in [-0.25, -0.2) is 15.0 Å². The minimum atomic E-state index is -4.60. The molecule has 2 unspecified atom stereocenters. The Kier molecular flexibility index (Phi) is 6.01. The number of nitrogens with one attached hydrogen (secondary N) is 1. The lowest BCUT2D eigenvalue weighted by atomic mass is 10.1. The molecule has 0 saturated carbocycles. The topological polar surface area (TPSA) is 138 Å². The number of hydrogen-bond acceptors (Lipinski definition) is 9. The van der Waals surface area contributed by atoms with Crippen molar-refractivity contribution in [2.75, 3.05) is 12.0 Å². The van der Waals surface area contributed by atoms with E-state index < -0.39 is 47.9 Å². The summed E-state index contributed by atoms with van der Waals surface area (Å²) in [5.41, 5.74) is 2.22. The molecule has 170 valence electrons. The van der Waals surface area contributed by atoms with Crippen molar-refractivity contribution in [2.24, 2.45) is 5.10 Å². The summed E-state index contributed by atoms with van der Waals surface area (Å²) in [6.45, 7) is -0.487. The zero-order chi connectivity index (χ0) is 23.0. The number of anilines is 1. The van der Waals surface area contributed by atoms with Crippen molar-refractivity contribution < 1.29 is 33.2 Å². The summed E-state index contributed by atoms with van der Waals surface area (Å²) < 4.78 is 45.8. The third-order valence-electron chi connectivity index (χ3n) is 4.83. The molecule has 0 spiro atoms. The minimum absolute atomic E-state index is 0.141. The van der Waals surface area contributed by atoms with Crippen molar-refractivity contribution in [1.82, 2.24) is 19.5 Å². The molecule has 1 fully saturated rings. The van der Waals surface area contributed by atoms with Crippen molar-refractivity contribution in [3.05, 3.63) is 47.0 Å². The normalized spacial score (nSPS) is 24.0. The van der Waals surface area contributed by atoms with E-state index in [-0.39, 0.29) is 22.5 Å². The predicted octanol–water partition coefficient (Wildman–Crippen LogP) is 1.56. The predicted molar refractivity (Wildman–Crippen MR) is 106 cm³/mol. The third kappa shape index (κ3) is 4.12. The fourth-order valence-corrected chi connectivity index (χ4v) is 3.46. The van der Waals surface area contributed by atoms with E-state index in [1.165, 1.54) is 23.3 Å². The number of aliphatic hydroxyl groups excluding tert-OH is 3. The summed E-state index contributed by atoms with van der Waals surface area (Å²) in [5, 5.41) is 32.9. The molecule has 3 heterocycles. The standard InChI is InChI=1S/C18H16ClF3N6O4/c19-10-2-1-8(3-9(10)18(20,21)22)4-26-27-15-12-16(24-6-23-15)28(7-25-12)17-14(31)13(30)11(5-29)32-17/h1-4,6-7,11,13-14,17,29-31H,5H2,(H,23,24,27)/b26-4+/t11-,13?,14?,17-/m1/s1. The van der Waals surface area contributed by atoms with Crippen LogP contribution >= 0.6 is 11.6 Å². The average molecular weight is 473 g/mol. The third-order valence-corrected chi connectivity index (χ3v) is 5.16. The van der Waals surface area contributed by atoms with E-state index in [0.29, 0.717) is 0 Å². The highest BCUT2D eigenvalue weighted by atomic mass is 35.5. The van der Waals surface area contributed by atoms with Crippen LogP contribution in [0.5, 0.6) is 0 Å². The van der Waals surface area contributed by atoms with Crippen LogP contribution in [-0.2, 0) is 10.9 Å². The molecule has 1 aliphatic rings. The van der Waals surface area contributed by atoms with Gasteiger partial charge in [-0.2, -0.15) is 18.3 Å². The number of alkyl halides is 3. The first kappa shape index (κ1) is 22.4. The maximum absolute atomic E-state index is 13.0. The fourth-order valence-electron chi connectivity index (χ4n) is 3.24. The molecule has 1 saturated heterocycles. The van der Waals surface area contributed by atoms with Gasteiger partial charge in [0.2, 0.25) is 0 Å². The van der Waals surface area contributed by atoms with Gasteiger partial charge in [-0.1, -0.05) is 17.7 Å². The summed E-state index contributed by atoms with van der Waals surface area (Å²) in [4.78, 5) is 12.3. The molecule has 14 heteroatoms. The second kappa shape index (κ2) is 8.60. The van der Waals surface area contributed by atoms with Crippen LogP contribution in [0.1, 0.15) is 17.4 Å². The Morgan fingerprint density at radius 3 is 2.69 bits per heavy atom. The molecule has 4 atom stereocenters. The number of ether oxygens (including phenoxy) is 1. The van der Waals surface area contributed by atoms with Gasteiger partial charge in [0, 0.05) is 0 Å². The van der Waals surface area contributed by atoms with Gasteiger partial charge in [-0.15, -0.1) is 0 Å². The SMILES string of the molecule is OC[C@H]1O[C@@H](n2cnc3c(N/N=C/c4ccc(Cl)c(C(F)(F)F)c4)ncnc32)C(O)C1O. The number of halogens is 4. The Morgan fingerprint density at radius 1 is 1.22 bits per heavy atom. The molecule has 0 aliphatic carbocycles. The monoisotopic (exact) mass is 472 g/mol. The molecule has 4 rings (SSSR count). The number of benzene rings is 1. The highest BCUT2D eigenvalue weighted by molar-refractivity contribution is 6.31. The zero-order valence-corrected chi connectivity index (χ0v) is 16.7. The zero-order valence-electron chi connectivity index (χ0n) is 16.0. The van der Waals surface area contributed by atoms with Crippen molar-refractivity contribution >= 4 is 34.8 Å². The minimum Gasteiger partial charge on any atom is -0.394 e. The molecule has 3 aromatic rings. The van der Waals surface area contributed by atoms with Crippen LogP contribution in [0.4, 0.5) is 19.0 Å². The van der Waals surface area contributed by atoms with E-state index in [9.17, 15) is 28.5 Å². The summed E-state index contributed by atoms with van der Waals surface area (Å²) in [6.07, 6.45) is -5.61. The maximum Gasteiger partial charge on any atom is 0.417 e. The van der Waals surface area contributed by atoms with Gasteiger partial charge in [-0.05, 0) is 17.7 Å². The van der Waals surface area contributed by atoms with E-state index in [2.05, 4.69) is 25.5 Å². The summed E-state index contributed by atoms with van der Waals surface area (Å²) in [7, 11) is 0. The largest absolute Gasteiger partial charge is 0.417 e. The van der Waals surface area contributed by atoms with Gasteiger partial charge < -0.3 is 20.1 Å². The Hall–Kier alpha value is -2.84. The molecule has 0 bridgehead atoms.